The molecule has 0 N–H and O–H groups in total. The zero-order valence-corrected chi connectivity index (χ0v) is 73.8. The number of thiol groups is 1. The Kier molecular flexibility index (Phi) is 89.4. The Morgan fingerprint density at radius 3 is 0.709 bits per heavy atom. The number of carbonyl (C=O) groups excluding carboxylic acids is 6. The normalized spacial score (nSPS) is 11.7. The number of nitrogens with zero attached hydrogens (tertiary/aromatic N) is 4. The first-order chi connectivity index (χ1) is 53.4. The molecule has 2 amide bonds. The molecule has 0 rings (SSSR count). The van der Waals surface area contributed by atoms with Crippen molar-refractivity contribution in [3.63, 3.8) is 0 Å². The van der Waals surface area contributed by atoms with E-state index < -0.39 is 37.1 Å². The highest BCUT2D eigenvalue weighted by Crippen LogP contribution is 2.20. The number of unbranched alkanes of at least 4 members (excludes halogenated alkanes) is 44. The highest BCUT2D eigenvalue weighted by molar-refractivity contribution is 8.13. The Hall–Kier alpha value is -3.81. The number of hydrogen-bond donors (Lipinski definition) is 1. The largest absolute Gasteiger partial charge is 0.471 e. The second kappa shape index (κ2) is 89.1. The van der Waals surface area contributed by atoms with Gasteiger partial charge in [-0.2, -0.15) is 25.8 Å². The van der Waals surface area contributed by atoms with Crippen LogP contribution in [0.5, 0.6) is 0 Å². The summed E-state index contributed by atoms with van der Waals surface area (Å²) in [7, 11) is 8.04. The number of hydrogen-bond acceptors (Lipinski definition) is 14. The Balaban J connectivity index is -0.00000193. The molecule has 0 fully saturated rings. The van der Waals surface area contributed by atoms with E-state index in [1.165, 1.54) is 204 Å². The topological polar surface area (TPSA) is 152 Å². The Labute approximate surface area is 683 Å². The third-order valence-electron chi connectivity index (χ3n) is 19.2. The summed E-state index contributed by atoms with van der Waals surface area (Å²) in [6, 6.07) is 0. The summed E-state index contributed by atoms with van der Waals surface area (Å²) in [5.41, 5.74) is 0. The number of esters is 4. The van der Waals surface area contributed by atoms with Crippen LogP contribution < -0.4 is 0 Å². The molecule has 0 aromatic heterocycles. The molecule has 0 heterocycles. The SMILES string of the molecule is CCCCCCCC/C=C\CCCCCCCC(=O)OCCN(CCOC(=O)CCCCCCC/C=C\CCCCCCCC)C(=O)C(F)(F)F.CCCCCCCC/C=C\CCCCCCCC(=O)OCCN(CCOC(=O)CCCCCCC/C=C\CCCCCCCC)C(=O)SCCN(C)C.CN(C)CCS. The van der Waals surface area contributed by atoms with Gasteiger partial charge in [0.05, 0.1) is 26.2 Å². The number of ether oxygens (including phenoxy) is 4. The lowest BCUT2D eigenvalue weighted by molar-refractivity contribution is -0.187. The molecule has 0 aromatic rings. The van der Waals surface area contributed by atoms with Crippen molar-refractivity contribution in [1.82, 2.24) is 19.6 Å². The Morgan fingerprint density at radius 2 is 0.509 bits per heavy atom. The molecule has 0 bridgehead atoms. The number of halogens is 3. The molecule has 19 heteroatoms. The fourth-order valence-corrected chi connectivity index (χ4v) is 13.5. The average Bonchev–Trinajstić information content (AvgIpc) is 0.871. The van der Waals surface area contributed by atoms with E-state index in [0.717, 1.165) is 147 Å². The van der Waals surface area contributed by atoms with Gasteiger partial charge in [-0.25, -0.2) is 0 Å². The van der Waals surface area contributed by atoms with Crippen LogP contribution in [-0.2, 0) is 42.9 Å². The third kappa shape index (κ3) is 89.7. The monoisotopic (exact) mass is 1600 g/mol. The minimum atomic E-state index is -5.07. The van der Waals surface area contributed by atoms with Crippen molar-refractivity contribution in [1.29, 1.82) is 0 Å². The van der Waals surface area contributed by atoms with Gasteiger partial charge in [-0.05, 0) is 157 Å². The van der Waals surface area contributed by atoms with Crippen molar-refractivity contribution >= 4 is 59.4 Å². The molecule has 0 saturated heterocycles. The first-order valence-electron chi connectivity index (χ1n) is 44.8. The highest BCUT2D eigenvalue weighted by Gasteiger charge is 2.42. The molecule has 110 heavy (non-hydrogen) atoms. The maximum Gasteiger partial charge on any atom is 0.471 e. The quantitative estimate of drug-likeness (QED) is 0.0202. The van der Waals surface area contributed by atoms with E-state index in [1.807, 2.05) is 33.1 Å². The van der Waals surface area contributed by atoms with Gasteiger partial charge in [0.1, 0.15) is 26.4 Å². The van der Waals surface area contributed by atoms with Crippen LogP contribution in [0.1, 0.15) is 387 Å². The first kappa shape index (κ1) is 110. The second-order valence-corrected chi connectivity index (χ2v) is 31.9. The number of amides is 2. The van der Waals surface area contributed by atoms with Crippen LogP contribution in [0.25, 0.3) is 0 Å². The molecule has 0 spiro atoms. The molecule has 646 valence electrons. The molecule has 0 aliphatic rings. The number of alkyl halides is 3. The minimum Gasteiger partial charge on any atom is -0.464 e. The van der Waals surface area contributed by atoms with E-state index in [0.29, 0.717) is 49.4 Å². The van der Waals surface area contributed by atoms with E-state index in [2.05, 4.69) is 93.8 Å². The molecule has 0 unspecified atom stereocenters. The minimum absolute atomic E-state index is 0.0755. The zero-order valence-electron chi connectivity index (χ0n) is 72.1. The Morgan fingerprint density at radius 1 is 0.300 bits per heavy atom. The van der Waals surface area contributed by atoms with Crippen molar-refractivity contribution in [2.75, 3.05) is 105 Å². The summed E-state index contributed by atoms with van der Waals surface area (Å²) in [5.74, 6) is -1.80. The van der Waals surface area contributed by atoms with Crippen LogP contribution in [-0.4, -0.2) is 166 Å². The lowest BCUT2D eigenvalue weighted by atomic mass is 10.1. The van der Waals surface area contributed by atoms with Gasteiger partial charge in [-0.15, -0.1) is 0 Å². The van der Waals surface area contributed by atoms with Crippen LogP contribution in [0.4, 0.5) is 18.0 Å². The summed E-state index contributed by atoms with van der Waals surface area (Å²) >= 11 is 5.27. The van der Waals surface area contributed by atoms with Gasteiger partial charge in [-0.1, -0.05) is 294 Å². The first-order valence-corrected chi connectivity index (χ1v) is 46.4. The lowest BCUT2D eigenvalue weighted by Gasteiger charge is -2.23. The third-order valence-corrected chi connectivity index (χ3v) is 20.3. The predicted molar refractivity (Wildman–Crippen MR) is 465 cm³/mol. The molecular formula is C91H169F3N4O10S2. The van der Waals surface area contributed by atoms with Crippen LogP contribution in [0.3, 0.4) is 0 Å². The van der Waals surface area contributed by atoms with E-state index in [-0.39, 0.29) is 56.4 Å². The van der Waals surface area contributed by atoms with Crippen molar-refractivity contribution in [2.24, 2.45) is 0 Å². The van der Waals surface area contributed by atoms with Gasteiger partial charge in [0, 0.05) is 50.3 Å². The van der Waals surface area contributed by atoms with E-state index in [9.17, 15) is 41.9 Å². The maximum atomic E-state index is 13.1. The molecule has 0 aliphatic carbocycles. The number of allylic oxidation sites excluding steroid dienone is 8. The van der Waals surface area contributed by atoms with Crippen molar-refractivity contribution in [2.45, 2.75) is 393 Å². The fraction of sp³-hybridized carbons (Fsp3) is 0.846. The molecule has 0 aliphatic heterocycles. The number of rotatable bonds is 77. The van der Waals surface area contributed by atoms with Gasteiger partial charge >= 0.3 is 36.0 Å². The highest BCUT2D eigenvalue weighted by atomic mass is 32.2. The summed E-state index contributed by atoms with van der Waals surface area (Å²) in [6.45, 7) is 10.3. The second-order valence-electron chi connectivity index (χ2n) is 30.4. The van der Waals surface area contributed by atoms with Gasteiger partial charge in [0.15, 0.2) is 0 Å². The predicted octanol–water partition coefficient (Wildman–Crippen LogP) is 25.9. The smallest absolute Gasteiger partial charge is 0.464 e. The molecule has 0 radical (unpaired) electrons. The van der Waals surface area contributed by atoms with E-state index in [4.69, 9.17) is 18.9 Å². The van der Waals surface area contributed by atoms with Crippen LogP contribution in [0, 0.1) is 0 Å². The molecule has 14 nitrogen and oxygen atoms in total. The van der Waals surface area contributed by atoms with Crippen LogP contribution in [0.2, 0.25) is 0 Å². The van der Waals surface area contributed by atoms with Gasteiger partial charge in [-0.3, -0.25) is 28.8 Å². The Bertz CT molecular complexity index is 2050. The molecule has 0 saturated carbocycles. The lowest BCUT2D eigenvalue weighted by Crippen LogP contribution is -2.44. The van der Waals surface area contributed by atoms with Crippen molar-refractivity contribution in [3.05, 3.63) is 48.6 Å². The van der Waals surface area contributed by atoms with Gasteiger partial charge in [0.2, 0.25) is 0 Å². The van der Waals surface area contributed by atoms with Crippen molar-refractivity contribution in [3.8, 4) is 0 Å². The van der Waals surface area contributed by atoms with E-state index in [1.54, 1.807) is 4.90 Å². The fourth-order valence-electron chi connectivity index (χ4n) is 12.1. The summed E-state index contributed by atoms with van der Waals surface area (Å²) in [4.78, 5) is 80.0. The van der Waals surface area contributed by atoms with Gasteiger partial charge in [0.25, 0.3) is 5.24 Å². The average molecular weight is 1600 g/mol. The van der Waals surface area contributed by atoms with E-state index >= 15 is 0 Å². The standard InChI is InChI=1S/C45H84N2O5S.C42H74F3NO5.C4H11NS/c1-5-7-9-11-13-15-17-19-21-23-25-27-29-31-33-35-43(48)51-40-37-47(45(50)53-42-39-46(3)4)38-41-52-44(49)36-34-32-30-28-26-24-22-20-18-16-14-12-10-8-6-2;1-3-5-7-9-11-13-15-17-19-21-23-25-27-29-31-33-39(47)50-37-35-46(41(49)42(43,44)45)36-38-51-40(48)34-32-30-28-26-24-22-20-18-16-14-12-10-8-6-4-2;1-5(2)3-4-6/h19-22H,5-18,23-42H2,1-4H3;17-20H,3-16,21-38H2,1-2H3;6H,3-4H2,1-2H3/b21-19-,22-20-;19-17-,20-18-;. The molecule has 0 atom stereocenters. The summed E-state index contributed by atoms with van der Waals surface area (Å²) in [6.07, 6.45) is 76.1. The van der Waals surface area contributed by atoms with Crippen LogP contribution in [0.15, 0.2) is 48.6 Å². The maximum absolute atomic E-state index is 13.1. The zero-order chi connectivity index (χ0) is 81.5. The van der Waals surface area contributed by atoms with Crippen molar-refractivity contribution < 1.29 is 60.9 Å². The number of thioether (sulfide) groups is 1. The van der Waals surface area contributed by atoms with Gasteiger partial charge < -0.3 is 38.5 Å². The number of carbonyl (C=O) groups is 6. The summed E-state index contributed by atoms with van der Waals surface area (Å²) < 4.78 is 60.5. The molecular weight excluding hydrogens is 1430 g/mol. The molecule has 0 aromatic carbocycles. The van der Waals surface area contributed by atoms with Crippen LogP contribution >= 0.6 is 24.4 Å². The summed E-state index contributed by atoms with van der Waals surface area (Å²) in [5, 5.41) is -0.0755.